The average molecular weight is 469 g/mol. The number of aliphatic hydroxyl groups excluding tert-OH is 1. The van der Waals surface area contributed by atoms with Crippen LogP contribution < -0.4 is 16.0 Å². The lowest BCUT2D eigenvalue weighted by Crippen LogP contribution is -2.44. The van der Waals surface area contributed by atoms with E-state index >= 15 is 0 Å². The Bertz CT molecular complexity index is 1170. The second-order valence-corrected chi connectivity index (χ2v) is 8.20. The molecular weight excluding hydrogens is 443 g/mol. The summed E-state index contributed by atoms with van der Waals surface area (Å²) < 4.78 is 9.87. The number of rotatable bonds is 10. The maximum absolute atomic E-state index is 13.2. The van der Waals surface area contributed by atoms with Crippen molar-refractivity contribution in [2.75, 3.05) is 6.61 Å². The highest BCUT2D eigenvalue weighted by molar-refractivity contribution is 6.35. The summed E-state index contributed by atoms with van der Waals surface area (Å²) in [6.45, 7) is 4.71. The van der Waals surface area contributed by atoms with Gasteiger partial charge in [0.25, 0.3) is 5.56 Å². The number of fused-ring (bicyclic) bond motifs is 1. The van der Waals surface area contributed by atoms with E-state index in [1.807, 2.05) is 6.92 Å². The first-order chi connectivity index (χ1) is 14.9. The number of imidazole rings is 1. The molecule has 1 aromatic carbocycles. The molecule has 2 heterocycles. The number of nitrogens with zero attached hydrogens (tertiary/aromatic N) is 4. The Kier molecular flexibility index (Phi) is 7.80. The van der Waals surface area contributed by atoms with Crippen LogP contribution in [0.2, 0.25) is 10.0 Å². The minimum absolute atomic E-state index is 0.145. The van der Waals surface area contributed by atoms with E-state index in [1.165, 1.54) is 10.6 Å². The topological polar surface area (TPSA) is 91.3 Å². The standard InChI is InChI=1S/C21H26Cl2N4O4/c1-3-5-9-25-13-24-19-18(25)20(29)27(21(30)26(19)8-4-2)11-15(28)12-31-17-7-6-14(22)10-16(17)23/h6-7,10,13,15,28H,3-5,8-9,11-12H2,1-2H3/t15-/m1/s1. The molecule has 3 rings (SSSR count). The number of unbranched alkanes of at least 4 members (excludes halogenated alkanes) is 1. The fourth-order valence-corrected chi connectivity index (χ4v) is 3.83. The SMILES string of the molecule is CCCCn1cnc2c1c(=O)n(C[C@@H](O)COc1ccc(Cl)cc1Cl)c(=O)n2CCC. The minimum atomic E-state index is -1.10. The second kappa shape index (κ2) is 10.3. The van der Waals surface area contributed by atoms with Gasteiger partial charge in [-0.2, -0.15) is 0 Å². The third-order valence-corrected chi connectivity index (χ3v) is 5.43. The zero-order chi connectivity index (χ0) is 22.5. The highest BCUT2D eigenvalue weighted by Gasteiger charge is 2.20. The van der Waals surface area contributed by atoms with Crippen molar-refractivity contribution in [3.8, 4) is 5.75 Å². The molecule has 8 nitrogen and oxygen atoms in total. The van der Waals surface area contributed by atoms with Crippen molar-refractivity contribution in [2.24, 2.45) is 0 Å². The average Bonchev–Trinajstić information content (AvgIpc) is 3.16. The maximum atomic E-state index is 13.2. The van der Waals surface area contributed by atoms with E-state index < -0.39 is 17.4 Å². The van der Waals surface area contributed by atoms with Crippen LogP contribution in [0.25, 0.3) is 11.2 Å². The molecule has 0 aliphatic carbocycles. The molecule has 0 bridgehead atoms. The molecular formula is C21H26Cl2N4O4. The molecule has 0 saturated carbocycles. The fourth-order valence-electron chi connectivity index (χ4n) is 3.36. The highest BCUT2D eigenvalue weighted by Crippen LogP contribution is 2.27. The van der Waals surface area contributed by atoms with Crippen molar-refractivity contribution < 1.29 is 9.84 Å². The maximum Gasteiger partial charge on any atom is 0.332 e. The summed E-state index contributed by atoms with van der Waals surface area (Å²) in [6.07, 6.45) is 3.05. The van der Waals surface area contributed by atoms with Crippen LogP contribution in [0.3, 0.4) is 0 Å². The number of aromatic nitrogens is 4. The third kappa shape index (κ3) is 5.14. The first kappa shape index (κ1) is 23.4. The van der Waals surface area contributed by atoms with Gasteiger partial charge < -0.3 is 14.4 Å². The van der Waals surface area contributed by atoms with Crippen molar-refractivity contribution in [3.05, 3.63) is 55.4 Å². The molecule has 2 aromatic heterocycles. The molecule has 0 amide bonds. The predicted molar refractivity (Wildman–Crippen MR) is 121 cm³/mol. The first-order valence-electron chi connectivity index (χ1n) is 10.3. The summed E-state index contributed by atoms with van der Waals surface area (Å²) in [5, 5.41) is 11.3. The highest BCUT2D eigenvalue weighted by atomic mass is 35.5. The minimum Gasteiger partial charge on any atom is -0.489 e. The molecule has 3 aromatic rings. The fraction of sp³-hybridized carbons (Fsp3) is 0.476. The smallest absolute Gasteiger partial charge is 0.332 e. The van der Waals surface area contributed by atoms with Gasteiger partial charge in [-0.25, -0.2) is 9.78 Å². The van der Waals surface area contributed by atoms with E-state index in [0.717, 1.165) is 17.4 Å². The van der Waals surface area contributed by atoms with Crippen LogP contribution in [0.4, 0.5) is 0 Å². The predicted octanol–water partition coefficient (Wildman–Crippen LogP) is 3.32. The number of benzene rings is 1. The van der Waals surface area contributed by atoms with Crippen molar-refractivity contribution in [1.29, 1.82) is 0 Å². The summed E-state index contributed by atoms with van der Waals surface area (Å²) in [6, 6.07) is 4.74. The van der Waals surface area contributed by atoms with E-state index in [9.17, 15) is 14.7 Å². The van der Waals surface area contributed by atoms with Crippen LogP contribution in [0, 0.1) is 0 Å². The monoisotopic (exact) mass is 468 g/mol. The van der Waals surface area contributed by atoms with Crippen LogP contribution in [-0.4, -0.2) is 36.5 Å². The van der Waals surface area contributed by atoms with Crippen LogP contribution in [-0.2, 0) is 19.6 Å². The molecule has 0 aliphatic heterocycles. The van der Waals surface area contributed by atoms with E-state index in [4.69, 9.17) is 27.9 Å². The van der Waals surface area contributed by atoms with Gasteiger partial charge in [-0.3, -0.25) is 13.9 Å². The summed E-state index contributed by atoms with van der Waals surface area (Å²) in [7, 11) is 0. The number of ether oxygens (including phenoxy) is 1. The summed E-state index contributed by atoms with van der Waals surface area (Å²) in [5.41, 5.74) is -0.216. The van der Waals surface area contributed by atoms with Gasteiger partial charge >= 0.3 is 5.69 Å². The lowest BCUT2D eigenvalue weighted by atomic mass is 10.3. The normalized spacial score (nSPS) is 12.4. The number of hydrogen-bond donors (Lipinski definition) is 1. The Morgan fingerprint density at radius 2 is 1.90 bits per heavy atom. The Balaban J connectivity index is 1.91. The van der Waals surface area contributed by atoms with Crippen LogP contribution >= 0.6 is 23.2 Å². The Morgan fingerprint density at radius 3 is 2.58 bits per heavy atom. The largest absolute Gasteiger partial charge is 0.489 e. The van der Waals surface area contributed by atoms with Gasteiger partial charge in [-0.15, -0.1) is 0 Å². The molecule has 0 aliphatic rings. The van der Waals surface area contributed by atoms with Gasteiger partial charge in [-0.05, 0) is 31.0 Å². The molecule has 0 fully saturated rings. The van der Waals surface area contributed by atoms with E-state index in [2.05, 4.69) is 11.9 Å². The zero-order valence-electron chi connectivity index (χ0n) is 17.6. The molecule has 0 saturated heterocycles. The molecule has 0 radical (unpaired) electrons. The molecule has 10 heteroatoms. The van der Waals surface area contributed by atoms with Crippen molar-refractivity contribution in [2.45, 2.75) is 58.8 Å². The first-order valence-corrected chi connectivity index (χ1v) is 11.1. The van der Waals surface area contributed by atoms with Crippen molar-refractivity contribution in [3.63, 3.8) is 0 Å². The number of hydrogen-bond acceptors (Lipinski definition) is 5. The lowest BCUT2D eigenvalue weighted by molar-refractivity contribution is 0.0902. The van der Waals surface area contributed by atoms with E-state index in [1.54, 1.807) is 23.0 Å². The Hall–Kier alpha value is -2.29. The molecule has 168 valence electrons. The van der Waals surface area contributed by atoms with Crippen LogP contribution in [0.5, 0.6) is 5.75 Å². The number of halogens is 2. The summed E-state index contributed by atoms with van der Waals surface area (Å²) in [4.78, 5) is 30.5. The van der Waals surface area contributed by atoms with Crippen LogP contribution in [0.15, 0.2) is 34.1 Å². The third-order valence-electron chi connectivity index (χ3n) is 4.90. The molecule has 1 atom stereocenters. The lowest BCUT2D eigenvalue weighted by Gasteiger charge is -2.16. The summed E-state index contributed by atoms with van der Waals surface area (Å²) in [5.74, 6) is 0.356. The quantitative estimate of drug-likeness (QED) is 0.492. The van der Waals surface area contributed by atoms with Crippen molar-refractivity contribution >= 4 is 34.4 Å². The van der Waals surface area contributed by atoms with E-state index in [0.29, 0.717) is 46.5 Å². The summed E-state index contributed by atoms with van der Waals surface area (Å²) >= 11 is 12.0. The van der Waals surface area contributed by atoms with Gasteiger partial charge in [0.2, 0.25) is 0 Å². The number of aliphatic hydroxyl groups is 1. The molecule has 0 unspecified atom stereocenters. The molecule has 1 N–H and O–H groups in total. The Morgan fingerprint density at radius 1 is 1.13 bits per heavy atom. The molecule has 31 heavy (non-hydrogen) atoms. The van der Waals surface area contributed by atoms with E-state index in [-0.39, 0.29) is 13.2 Å². The van der Waals surface area contributed by atoms with Gasteiger partial charge in [0.15, 0.2) is 11.2 Å². The van der Waals surface area contributed by atoms with Gasteiger partial charge in [0.1, 0.15) is 18.5 Å². The molecule has 0 spiro atoms. The van der Waals surface area contributed by atoms with Gasteiger partial charge in [-0.1, -0.05) is 43.5 Å². The Labute approximate surface area is 189 Å². The number of aryl methyl sites for hydroxylation is 2. The van der Waals surface area contributed by atoms with Crippen LogP contribution in [0.1, 0.15) is 33.1 Å². The second-order valence-electron chi connectivity index (χ2n) is 7.35. The van der Waals surface area contributed by atoms with Gasteiger partial charge in [0, 0.05) is 18.1 Å². The zero-order valence-corrected chi connectivity index (χ0v) is 19.1. The van der Waals surface area contributed by atoms with Gasteiger partial charge in [0.05, 0.1) is 17.9 Å². The van der Waals surface area contributed by atoms with Crippen molar-refractivity contribution in [1.82, 2.24) is 18.7 Å².